The molecule has 0 saturated carbocycles. The predicted octanol–water partition coefficient (Wildman–Crippen LogP) is 0.932. The zero-order valence-corrected chi connectivity index (χ0v) is 9.62. The lowest BCUT2D eigenvalue weighted by atomic mass is 9.88. The van der Waals surface area contributed by atoms with E-state index in [2.05, 4.69) is 5.32 Å². The first-order valence-corrected chi connectivity index (χ1v) is 5.31. The third-order valence-corrected chi connectivity index (χ3v) is 3.11. The number of phenols is 1. The maximum Gasteiger partial charge on any atom is 0.125 e. The van der Waals surface area contributed by atoms with Gasteiger partial charge < -0.3 is 19.9 Å². The van der Waals surface area contributed by atoms with Crippen LogP contribution in [0, 0.1) is 0 Å². The molecule has 0 amide bonds. The standard InChI is InChI=1S/C12H17NO3/c1-15-11-5-10(14)4-3-9(11)6-12(16-2)7-13-8-12/h3-5,13-14H,6-8H2,1-2H3. The van der Waals surface area contributed by atoms with Crippen LogP contribution in [0.15, 0.2) is 18.2 Å². The molecule has 1 aliphatic rings. The molecule has 0 spiro atoms. The van der Waals surface area contributed by atoms with Gasteiger partial charge in [-0.25, -0.2) is 0 Å². The van der Waals surface area contributed by atoms with E-state index in [-0.39, 0.29) is 11.4 Å². The Morgan fingerprint density at radius 3 is 2.62 bits per heavy atom. The Morgan fingerprint density at radius 1 is 1.38 bits per heavy atom. The molecule has 2 rings (SSSR count). The number of methoxy groups -OCH3 is 2. The van der Waals surface area contributed by atoms with E-state index >= 15 is 0 Å². The van der Waals surface area contributed by atoms with Crippen molar-refractivity contribution in [3.63, 3.8) is 0 Å². The number of aromatic hydroxyl groups is 1. The van der Waals surface area contributed by atoms with Crippen LogP contribution in [-0.4, -0.2) is 38.0 Å². The topological polar surface area (TPSA) is 50.7 Å². The molecule has 16 heavy (non-hydrogen) atoms. The second-order valence-electron chi connectivity index (χ2n) is 4.16. The fraction of sp³-hybridized carbons (Fsp3) is 0.500. The highest BCUT2D eigenvalue weighted by molar-refractivity contribution is 5.41. The largest absolute Gasteiger partial charge is 0.508 e. The third kappa shape index (κ3) is 1.99. The van der Waals surface area contributed by atoms with Gasteiger partial charge >= 0.3 is 0 Å². The van der Waals surface area contributed by atoms with Crippen molar-refractivity contribution in [1.82, 2.24) is 5.32 Å². The van der Waals surface area contributed by atoms with Crippen molar-refractivity contribution in [3.05, 3.63) is 23.8 Å². The Bertz CT molecular complexity index is 369. The molecule has 0 aromatic heterocycles. The van der Waals surface area contributed by atoms with Crippen LogP contribution in [0.4, 0.5) is 0 Å². The zero-order valence-electron chi connectivity index (χ0n) is 9.62. The molecule has 2 N–H and O–H groups in total. The van der Waals surface area contributed by atoms with Crippen molar-refractivity contribution in [2.75, 3.05) is 27.3 Å². The molecule has 1 aromatic rings. The predicted molar refractivity (Wildman–Crippen MR) is 61.0 cm³/mol. The highest BCUT2D eigenvalue weighted by atomic mass is 16.5. The van der Waals surface area contributed by atoms with Crippen LogP contribution < -0.4 is 10.1 Å². The number of ether oxygens (including phenoxy) is 2. The molecule has 88 valence electrons. The molecule has 0 aliphatic carbocycles. The van der Waals surface area contributed by atoms with E-state index in [1.165, 1.54) is 0 Å². The second-order valence-corrected chi connectivity index (χ2v) is 4.16. The van der Waals surface area contributed by atoms with Gasteiger partial charge in [-0.3, -0.25) is 0 Å². The van der Waals surface area contributed by atoms with Crippen molar-refractivity contribution in [3.8, 4) is 11.5 Å². The molecular formula is C12H17NO3. The summed E-state index contributed by atoms with van der Waals surface area (Å²) >= 11 is 0. The molecule has 1 aromatic carbocycles. The first-order chi connectivity index (χ1) is 7.69. The van der Waals surface area contributed by atoms with E-state index in [9.17, 15) is 5.11 Å². The molecule has 0 unspecified atom stereocenters. The van der Waals surface area contributed by atoms with E-state index in [1.807, 2.05) is 6.07 Å². The fourth-order valence-corrected chi connectivity index (χ4v) is 1.97. The monoisotopic (exact) mass is 223 g/mol. The van der Waals surface area contributed by atoms with Crippen molar-refractivity contribution in [2.45, 2.75) is 12.0 Å². The quantitative estimate of drug-likeness (QED) is 0.797. The van der Waals surface area contributed by atoms with Gasteiger partial charge in [0.15, 0.2) is 0 Å². The van der Waals surface area contributed by atoms with E-state index < -0.39 is 0 Å². The molecule has 0 atom stereocenters. The normalized spacial score (nSPS) is 17.9. The average Bonchev–Trinajstić information content (AvgIpc) is 2.25. The Morgan fingerprint density at radius 2 is 2.12 bits per heavy atom. The number of hydrogen-bond donors (Lipinski definition) is 2. The molecule has 1 heterocycles. The summed E-state index contributed by atoms with van der Waals surface area (Å²) in [6.07, 6.45) is 0.792. The number of benzene rings is 1. The SMILES string of the molecule is COc1cc(O)ccc1CC1(OC)CNC1. The van der Waals surface area contributed by atoms with Crippen LogP contribution >= 0.6 is 0 Å². The first-order valence-electron chi connectivity index (χ1n) is 5.31. The van der Waals surface area contributed by atoms with Gasteiger partial charge in [-0.05, 0) is 11.6 Å². The summed E-state index contributed by atoms with van der Waals surface area (Å²) in [5, 5.41) is 12.6. The van der Waals surface area contributed by atoms with Gasteiger partial charge in [-0.15, -0.1) is 0 Å². The van der Waals surface area contributed by atoms with Crippen LogP contribution in [0.3, 0.4) is 0 Å². The molecule has 1 saturated heterocycles. The highest BCUT2D eigenvalue weighted by Gasteiger charge is 2.37. The number of hydrogen-bond acceptors (Lipinski definition) is 4. The van der Waals surface area contributed by atoms with Crippen LogP contribution in [0.5, 0.6) is 11.5 Å². The maximum absolute atomic E-state index is 9.37. The zero-order chi connectivity index (χ0) is 11.6. The molecule has 1 aliphatic heterocycles. The molecule has 4 nitrogen and oxygen atoms in total. The average molecular weight is 223 g/mol. The lowest BCUT2D eigenvalue weighted by Gasteiger charge is -2.41. The third-order valence-electron chi connectivity index (χ3n) is 3.11. The lowest BCUT2D eigenvalue weighted by molar-refractivity contribution is -0.0505. The Labute approximate surface area is 95.2 Å². The van der Waals surface area contributed by atoms with E-state index in [0.29, 0.717) is 5.75 Å². The summed E-state index contributed by atoms with van der Waals surface area (Å²) in [6, 6.07) is 5.19. The van der Waals surface area contributed by atoms with Gasteiger partial charge in [0.25, 0.3) is 0 Å². The lowest BCUT2D eigenvalue weighted by Crippen LogP contribution is -2.61. The van der Waals surface area contributed by atoms with Crippen molar-refractivity contribution >= 4 is 0 Å². The molecule has 0 radical (unpaired) electrons. The van der Waals surface area contributed by atoms with Gasteiger partial charge in [0.1, 0.15) is 11.5 Å². The Hall–Kier alpha value is -1.26. The Balaban J connectivity index is 2.20. The minimum atomic E-state index is -0.121. The maximum atomic E-state index is 9.37. The highest BCUT2D eigenvalue weighted by Crippen LogP contribution is 2.30. The summed E-state index contributed by atoms with van der Waals surface area (Å²) in [5.74, 6) is 0.933. The number of rotatable bonds is 4. The minimum absolute atomic E-state index is 0.121. The van der Waals surface area contributed by atoms with E-state index in [0.717, 1.165) is 25.1 Å². The molecule has 4 heteroatoms. The van der Waals surface area contributed by atoms with Crippen LogP contribution in [0.1, 0.15) is 5.56 Å². The second kappa shape index (κ2) is 4.31. The van der Waals surface area contributed by atoms with Crippen molar-refractivity contribution in [2.24, 2.45) is 0 Å². The van der Waals surface area contributed by atoms with Crippen LogP contribution in [0.25, 0.3) is 0 Å². The fourth-order valence-electron chi connectivity index (χ4n) is 1.97. The van der Waals surface area contributed by atoms with Gasteiger partial charge in [0, 0.05) is 32.7 Å². The molecule has 0 bridgehead atoms. The number of phenolic OH excluding ortho intramolecular Hbond substituents is 1. The van der Waals surface area contributed by atoms with Gasteiger partial charge in [0.2, 0.25) is 0 Å². The summed E-state index contributed by atoms with van der Waals surface area (Å²) in [6.45, 7) is 1.71. The molecule has 1 fully saturated rings. The minimum Gasteiger partial charge on any atom is -0.508 e. The van der Waals surface area contributed by atoms with Gasteiger partial charge in [0.05, 0.1) is 12.7 Å². The van der Waals surface area contributed by atoms with Crippen molar-refractivity contribution in [1.29, 1.82) is 0 Å². The summed E-state index contributed by atoms with van der Waals surface area (Å²) < 4.78 is 10.8. The summed E-state index contributed by atoms with van der Waals surface area (Å²) in [7, 11) is 3.34. The molecular weight excluding hydrogens is 206 g/mol. The van der Waals surface area contributed by atoms with E-state index in [1.54, 1.807) is 26.4 Å². The summed E-state index contributed by atoms with van der Waals surface area (Å²) in [5.41, 5.74) is 0.938. The first kappa shape index (κ1) is 11.2. The van der Waals surface area contributed by atoms with Crippen molar-refractivity contribution < 1.29 is 14.6 Å². The van der Waals surface area contributed by atoms with Crippen LogP contribution in [0.2, 0.25) is 0 Å². The summed E-state index contributed by atoms with van der Waals surface area (Å²) in [4.78, 5) is 0. The van der Waals surface area contributed by atoms with E-state index in [4.69, 9.17) is 9.47 Å². The van der Waals surface area contributed by atoms with Crippen LogP contribution in [-0.2, 0) is 11.2 Å². The van der Waals surface area contributed by atoms with Gasteiger partial charge in [-0.1, -0.05) is 6.07 Å². The Kier molecular flexibility index (Phi) is 3.03. The smallest absolute Gasteiger partial charge is 0.125 e. The van der Waals surface area contributed by atoms with Gasteiger partial charge in [-0.2, -0.15) is 0 Å². The number of nitrogens with one attached hydrogen (secondary N) is 1.